The summed E-state index contributed by atoms with van der Waals surface area (Å²) in [7, 11) is 1.68. The Labute approximate surface area is 115 Å². The molecule has 1 saturated carbocycles. The van der Waals surface area contributed by atoms with Crippen LogP contribution in [0.1, 0.15) is 43.2 Å². The maximum atomic E-state index is 11.8. The van der Waals surface area contributed by atoms with Crippen LogP contribution in [0.25, 0.3) is 0 Å². The molecule has 0 saturated heterocycles. The van der Waals surface area contributed by atoms with Gasteiger partial charge in [0.2, 0.25) is 5.91 Å². The van der Waals surface area contributed by atoms with Crippen molar-refractivity contribution in [2.24, 2.45) is 0 Å². The van der Waals surface area contributed by atoms with Crippen molar-refractivity contribution in [1.82, 2.24) is 5.32 Å². The van der Waals surface area contributed by atoms with Crippen LogP contribution < -0.4 is 10.1 Å². The zero-order valence-electron chi connectivity index (χ0n) is 11.9. The molecule has 1 aliphatic rings. The molecule has 0 radical (unpaired) electrons. The average molecular weight is 261 g/mol. The summed E-state index contributed by atoms with van der Waals surface area (Å²) < 4.78 is 5.23. The quantitative estimate of drug-likeness (QED) is 0.885. The Hall–Kier alpha value is -1.51. The number of amides is 1. The van der Waals surface area contributed by atoms with E-state index in [1.54, 1.807) is 7.11 Å². The number of hydrogen-bond acceptors (Lipinski definition) is 2. The van der Waals surface area contributed by atoms with Crippen molar-refractivity contribution in [2.75, 3.05) is 7.11 Å². The number of benzene rings is 1. The molecule has 0 unspecified atom stereocenters. The summed E-state index contributed by atoms with van der Waals surface area (Å²) in [6, 6.07) is 6.53. The number of hydrogen-bond donors (Lipinski definition) is 1. The number of carbonyl (C=O) groups excluding carboxylic acids is 1. The van der Waals surface area contributed by atoms with Gasteiger partial charge in [0, 0.05) is 12.5 Å². The second kappa shape index (κ2) is 6.60. The fourth-order valence-corrected chi connectivity index (χ4v) is 2.72. The van der Waals surface area contributed by atoms with Crippen molar-refractivity contribution in [1.29, 1.82) is 0 Å². The van der Waals surface area contributed by atoms with Gasteiger partial charge in [0.05, 0.1) is 7.11 Å². The molecule has 0 heterocycles. The Kier molecular flexibility index (Phi) is 4.83. The fourth-order valence-electron chi connectivity index (χ4n) is 2.72. The first kappa shape index (κ1) is 13.9. The van der Waals surface area contributed by atoms with Crippen LogP contribution in [0.4, 0.5) is 0 Å². The summed E-state index contributed by atoms with van der Waals surface area (Å²) in [6.07, 6.45) is 6.16. The lowest BCUT2D eigenvalue weighted by Gasteiger charge is -2.12. The molecule has 1 amide bonds. The highest BCUT2D eigenvalue weighted by atomic mass is 16.5. The number of aryl methyl sites for hydroxylation is 2. The first-order valence-electron chi connectivity index (χ1n) is 7.12. The van der Waals surface area contributed by atoms with Gasteiger partial charge in [-0.25, -0.2) is 0 Å². The lowest BCUT2D eigenvalue weighted by molar-refractivity contribution is -0.121. The van der Waals surface area contributed by atoms with Gasteiger partial charge in [-0.2, -0.15) is 0 Å². The highest BCUT2D eigenvalue weighted by molar-refractivity contribution is 5.76. The molecule has 1 fully saturated rings. The van der Waals surface area contributed by atoms with Crippen LogP contribution in [0.15, 0.2) is 18.2 Å². The molecule has 0 bridgehead atoms. The lowest BCUT2D eigenvalue weighted by atomic mass is 10.1. The number of methoxy groups -OCH3 is 1. The maximum Gasteiger partial charge on any atom is 0.220 e. The second-order valence-corrected chi connectivity index (χ2v) is 5.35. The van der Waals surface area contributed by atoms with E-state index in [9.17, 15) is 4.79 Å². The normalized spacial score (nSPS) is 15.5. The van der Waals surface area contributed by atoms with Gasteiger partial charge in [0.1, 0.15) is 5.75 Å². The summed E-state index contributed by atoms with van der Waals surface area (Å²) in [6.45, 7) is 2.03. The van der Waals surface area contributed by atoms with Gasteiger partial charge in [-0.15, -0.1) is 0 Å². The number of rotatable bonds is 5. The van der Waals surface area contributed by atoms with Gasteiger partial charge in [-0.1, -0.05) is 25.0 Å². The largest absolute Gasteiger partial charge is 0.496 e. The summed E-state index contributed by atoms with van der Waals surface area (Å²) in [4.78, 5) is 11.8. The van der Waals surface area contributed by atoms with Crippen molar-refractivity contribution >= 4 is 5.91 Å². The van der Waals surface area contributed by atoms with E-state index in [2.05, 4.69) is 11.4 Å². The van der Waals surface area contributed by atoms with Gasteiger partial charge in [0.25, 0.3) is 0 Å². The second-order valence-electron chi connectivity index (χ2n) is 5.35. The van der Waals surface area contributed by atoms with Gasteiger partial charge in [-0.05, 0) is 43.4 Å². The van der Waals surface area contributed by atoms with E-state index >= 15 is 0 Å². The standard InChI is InChI=1S/C16H23NO2/c1-12-11-13(7-9-15(12)19-2)8-10-16(18)17-14-5-3-4-6-14/h7,9,11,14H,3-6,8,10H2,1-2H3,(H,17,18). The monoisotopic (exact) mass is 261 g/mol. The van der Waals surface area contributed by atoms with Gasteiger partial charge < -0.3 is 10.1 Å². The smallest absolute Gasteiger partial charge is 0.220 e. The first-order chi connectivity index (χ1) is 9.19. The highest BCUT2D eigenvalue weighted by Gasteiger charge is 2.16. The zero-order valence-corrected chi connectivity index (χ0v) is 11.9. The third-order valence-corrected chi connectivity index (χ3v) is 3.82. The molecule has 0 aliphatic heterocycles. The van der Waals surface area contributed by atoms with Crippen LogP contribution >= 0.6 is 0 Å². The van der Waals surface area contributed by atoms with E-state index in [0.717, 1.165) is 30.6 Å². The number of nitrogens with one attached hydrogen (secondary N) is 1. The molecule has 1 aromatic carbocycles. The predicted octanol–water partition coefficient (Wildman–Crippen LogP) is 3.00. The Morgan fingerprint density at radius 2 is 2.11 bits per heavy atom. The van der Waals surface area contributed by atoms with E-state index in [4.69, 9.17) is 4.74 Å². The molecule has 0 atom stereocenters. The maximum absolute atomic E-state index is 11.8. The molecule has 2 rings (SSSR count). The predicted molar refractivity (Wildman–Crippen MR) is 76.5 cm³/mol. The van der Waals surface area contributed by atoms with E-state index in [-0.39, 0.29) is 5.91 Å². The molecular formula is C16H23NO2. The topological polar surface area (TPSA) is 38.3 Å². The SMILES string of the molecule is COc1ccc(CCC(=O)NC2CCCC2)cc1C. The molecule has 0 aromatic heterocycles. The van der Waals surface area contributed by atoms with Crippen molar-refractivity contribution in [2.45, 2.75) is 51.5 Å². The van der Waals surface area contributed by atoms with Crippen LogP contribution in [0.3, 0.4) is 0 Å². The summed E-state index contributed by atoms with van der Waals surface area (Å²) in [5, 5.41) is 3.12. The lowest BCUT2D eigenvalue weighted by Crippen LogP contribution is -2.32. The highest BCUT2D eigenvalue weighted by Crippen LogP contribution is 2.20. The van der Waals surface area contributed by atoms with Crippen LogP contribution in [-0.2, 0) is 11.2 Å². The molecule has 3 nitrogen and oxygen atoms in total. The molecule has 0 spiro atoms. The minimum Gasteiger partial charge on any atom is -0.496 e. The van der Waals surface area contributed by atoms with Crippen LogP contribution in [0.5, 0.6) is 5.75 Å². The third-order valence-electron chi connectivity index (χ3n) is 3.82. The van der Waals surface area contributed by atoms with Crippen molar-refractivity contribution < 1.29 is 9.53 Å². The van der Waals surface area contributed by atoms with Crippen LogP contribution in [0.2, 0.25) is 0 Å². The molecule has 1 aliphatic carbocycles. The molecular weight excluding hydrogens is 238 g/mol. The molecule has 104 valence electrons. The molecule has 19 heavy (non-hydrogen) atoms. The van der Waals surface area contributed by atoms with E-state index < -0.39 is 0 Å². The van der Waals surface area contributed by atoms with E-state index in [1.807, 2.05) is 19.1 Å². The first-order valence-corrected chi connectivity index (χ1v) is 7.12. The van der Waals surface area contributed by atoms with Crippen LogP contribution in [-0.4, -0.2) is 19.1 Å². The Bertz CT molecular complexity index is 436. The Balaban J connectivity index is 1.81. The zero-order chi connectivity index (χ0) is 13.7. The summed E-state index contributed by atoms with van der Waals surface area (Å²) in [5.74, 6) is 1.08. The third kappa shape index (κ3) is 3.98. The van der Waals surface area contributed by atoms with E-state index in [0.29, 0.717) is 12.5 Å². The van der Waals surface area contributed by atoms with Crippen molar-refractivity contribution in [3.63, 3.8) is 0 Å². The average Bonchev–Trinajstić information content (AvgIpc) is 2.89. The molecule has 1 aromatic rings. The van der Waals surface area contributed by atoms with Gasteiger partial charge in [-0.3, -0.25) is 4.79 Å². The minimum absolute atomic E-state index is 0.181. The fraction of sp³-hybridized carbons (Fsp3) is 0.562. The molecule has 1 N–H and O–H groups in total. The Morgan fingerprint density at radius 3 is 2.74 bits per heavy atom. The van der Waals surface area contributed by atoms with Gasteiger partial charge >= 0.3 is 0 Å². The van der Waals surface area contributed by atoms with Gasteiger partial charge in [0.15, 0.2) is 0 Å². The van der Waals surface area contributed by atoms with E-state index in [1.165, 1.54) is 18.4 Å². The van der Waals surface area contributed by atoms with Crippen LogP contribution in [0, 0.1) is 6.92 Å². The summed E-state index contributed by atoms with van der Waals surface area (Å²) >= 11 is 0. The number of ether oxygens (including phenoxy) is 1. The van der Waals surface area contributed by atoms with Crippen molar-refractivity contribution in [3.8, 4) is 5.75 Å². The summed E-state index contributed by atoms with van der Waals surface area (Å²) in [5.41, 5.74) is 2.32. The van der Waals surface area contributed by atoms with Crippen molar-refractivity contribution in [3.05, 3.63) is 29.3 Å². The minimum atomic E-state index is 0.181. The Morgan fingerprint density at radius 1 is 1.37 bits per heavy atom. The molecule has 3 heteroatoms. The number of carbonyl (C=O) groups is 1.